The molecule has 0 saturated heterocycles. The molecule has 2 aromatic carbocycles. The van der Waals surface area contributed by atoms with Crippen molar-refractivity contribution < 1.29 is 28.5 Å². The van der Waals surface area contributed by atoms with Crippen molar-refractivity contribution in [3.05, 3.63) is 77.4 Å². The van der Waals surface area contributed by atoms with Crippen molar-refractivity contribution in [3.8, 4) is 35.3 Å². The Labute approximate surface area is 252 Å². The van der Waals surface area contributed by atoms with Gasteiger partial charge in [0.2, 0.25) is 0 Å². The van der Waals surface area contributed by atoms with E-state index < -0.39 is 12.0 Å². The number of rotatable bonds is 10. The van der Waals surface area contributed by atoms with E-state index in [2.05, 4.69) is 10.9 Å². The summed E-state index contributed by atoms with van der Waals surface area (Å²) < 4.78 is 29.7. The van der Waals surface area contributed by atoms with Gasteiger partial charge < -0.3 is 23.7 Å². The molecule has 9 nitrogen and oxygen atoms in total. The lowest BCUT2D eigenvalue weighted by atomic mass is 9.95. The minimum atomic E-state index is -0.817. The Morgan fingerprint density at radius 1 is 1.19 bits per heavy atom. The van der Waals surface area contributed by atoms with Gasteiger partial charge in [0.05, 0.1) is 53.8 Å². The highest BCUT2D eigenvalue weighted by molar-refractivity contribution is 7.07. The molecule has 0 saturated carbocycles. The van der Waals surface area contributed by atoms with E-state index in [0.717, 1.165) is 0 Å². The van der Waals surface area contributed by atoms with E-state index in [4.69, 9.17) is 41.7 Å². The number of terminal acetylenes is 1. The van der Waals surface area contributed by atoms with Crippen LogP contribution in [0.15, 0.2) is 51.4 Å². The molecule has 3 aromatic rings. The van der Waals surface area contributed by atoms with Crippen LogP contribution in [0.5, 0.6) is 23.0 Å². The van der Waals surface area contributed by atoms with Gasteiger partial charge in [0.1, 0.15) is 6.61 Å². The average molecular weight is 611 g/mol. The van der Waals surface area contributed by atoms with Crippen LogP contribution in [0, 0.1) is 12.3 Å². The molecule has 220 valence electrons. The first kappa shape index (κ1) is 30.8. The maximum absolute atomic E-state index is 14.0. The second-order valence-corrected chi connectivity index (χ2v) is 10.8. The molecule has 0 amide bonds. The Kier molecular flexibility index (Phi) is 9.66. The summed E-state index contributed by atoms with van der Waals surface area (Å²) in [5, 5.41) is 0.276. The normalized spacial score (nSPS) is 14.6. The Balaban J connectivity index is 1.92. The number of esters is 1. The highest BCUT2D eigenvalue weighted by atomic mass is 35.5. The highest BCUT2D eigenvalue weighted by Gasteiger charge is 2.34. The van der Waals surface area contributed by atoms with Crippen molar-refractivity contribution in [1.29, 1.82) is 0 Å². The molecule has 1 aliphatic heterocycles. The molecular formula is C31H31ClN2O7S. The summed E-state index contributed by atoms with van der Waals surface area (Å²) in [5.41, 5.74) is 1.60. The van der Waals surface area contributed by atoms with E-state index in [9.17, 15) is 9.59 Å². The number of hydrogen-bond acceptors (Lipinski definition) is 9. The lowest BCUT2D eigenvalue weighted by molar-refractivity contribution is -0.139. The second-order valence-electron chi connectivity index (χ2n) is 9.41. The second kappa shape index (κ2) is 13.2. The van der Waals surface area contributed by atoms with Gasteiger partial charge in [-0.3, -0.25) is 9.36 Å². The number of benzene rings is 2. The van der Waals surface area contributed by atoms with Gasteiger partial charge in [-0.1, -0.05) is 34.9 Å². The highest BCUT2D eigenvalue weighted by Crippen LogP contribution is 2.38. The molecule has 0 N–H and O–H groups in total. The largest absolute Gasteiger partial charge is 0.493 e. The zero-order valence-corrected chi connectivity index (χ0v) is 25.7. The summed E-state index contributed by atoms with van der Waals surface area (Å²) in [6.45, 7) is 7.46. The molecule has 0 bridgehead atoms. The van der Waals surface area contributed by atoms with Crippen molar-refractivity contribution >= 4 is 35.0 Å². The fraction of sp³-hybridized carbons (Fsp3) is 0.323. The Bertz CT molecular complexity index is 1760. The van der Waals surface area contributed by atoms with Crippen LogP contribution < -0.4 is 33.8 Å². The minimum absolute atomic E-state index is 0.0194. The number of carbonyl (C=O) groups excluding carboxylic acids is 1. The zero-order valence-electron chi connectivity index (χ0n) is 24.1. The van der Waals surface area contributed by atoms with Crippen LogP contribution in [0.25, 0.3) is 6.08 Å². The third-order valence-corrected chi connectivity index (χ3v) is 7.50. The fourth-order valence-corrected chi connectivity index (χ4v) is 5.86. The average Bonchev–Trinajstić information content (AvgIpc) is 3.25. The first-order chi connectivity index (χ1) is 20.1. The quantitative estimate of drug-likeness (QED) is 0.250. The maximum atomic E-state index is 14.0. The first-order valence-corrected chi connectivity index (χ1v) is 14.3. The van der Waals surface area contributed by atoms with Crippen molar-refractivity contribution in [1.82, 2.24) is 4.57 Å². The molecule has 11 heteroatoms. The van der Waals surface area contributed by atoms with E-state index in [1.165, 1.54) is 30.1 Å². The lowest BCUT2D eigenvalue weighted by Crippen LogP contribution is -2.40. The van der Waals surface area contributed by atoms with E-state index in [0.29, 0.717) is 49.2 Å². The number of halogens is 1. The lowest BCUT2D eigenvalue weighted by Gasteiger charge is -2.25. The van der Waals surface area contributed by atoms with Crippen LogP contribution in [0.2, 0.25) is 5.02 Å². The van der Waals surface area contributed by atoms with Crippen LogP contribution in [0.3, 0.4) is 0 Å². The topological polar surface area (TPSA) is 97.6 Å². The van der Waals surface area contributed by atoms with Crippen LogP contribution >= 0.6 is 22.9 Å². The predicted octanol–water partition coefficient (Wildman–Crippen LogP) is 4.27. The van der Waals surface area contributed by atoms with E-state index in [-0.39, 0.29) is 35.5 Å². The van der Waals surface area contributed by atoms with Gasteiger partial charge in [-0.15, -0.1) is 6.42 Å². The van der Waals surface area contributed by atoms with Crippen LogP contribution in [-0.4, -0.2) is 44.1 Å². The van der Waals surface area contributed by atoms with Crippen molar-refractivity contribution in [2.45, 2.75) is 39.8 Å². The monoisotopic (exact) mass is 610 g/mol. The summed E-state index contributed by atoms with van der Waals surface area (Å²) in [4.78, 5) is 32.3. The number of methoxy groups -OCH3 is 2. The smallest absolute Gasteiger partial charge is 0.338 e. The molecule has 0 spiro atoms. The van der Waals surface area contributed by atoms with Gasteiger partial charge in [0.25, 0.3) is 5.56 Å². The molecule has 0 radical (unpaired) electrons. The molecule has 1 aliphatic rings. The van der Waals surface area contributed by atoms with E-state index in [1.807, 2.05) is 13.8 Å². The third kappa shape index (κ3) is 6.17. The van der Waals surface area contributed by atoms with Gasteiger partial charge in [-0.05, 0) is 69.2 Å². The number of nitrogens with zero attached hydrogens (tertiary/aromatic N) is 2. The maximum Gasteiger partial charge on any atom is 0.338 e. The van der Waals surface area contributed by atoms with Crippen LogP contribution in [0.4, 0.5) is 0 Å². The van der Waals surface area contributed by atoms with Crippen molar-refractivity contribution in [2.24, 2.45) is 4.99 Å². The van der Waals surface area contributed by atoms with Crippen molar-refractivity contribution in [3.63, 3.8) is 0 Å². The molecule has 2 heterocycles. The van der Waals surface area contributed by atoms with Crippen LogP contribution in [0.1, 0.15) is 44.9 Å². The van der Waals surface area contributed by atoms with Gasteiger partial charge in [-0.25, -0.2) is 9.79 Å². The number of aromatic nitrogens is 1. The fourth-order valence-electron chi connectivity index (χ4n) is 4.54. The molecule has 1 atom stereocenters. The molecule has 0 aliphatic carbocycles. The van der Waals surface area contributed by atoms with E-state index in [1.54, 1.807) is 50.3 Å². The Morgan fingerprint density at radius 3 is 2.57 bits per heavy atom. The minimum Gasteiger partial charge on any atom is -0.493 e. The Hall–Kier alpha value is -4.20. The number of ether oxygens (including phenoxy) is 5. The molecule has 42 heavy (non-hydrogen) atoms. The van der Waals surface area contributed by atoms with Gasteiger partial charge in [0, 0.05) is 0 Å². The summed E-state index contributed by atoms with van der Waals surface area (Å²) in [7, 11) is 3.02. The standard InChI is InChI=1S/C31H31ClN2O7S/c1-8-12-40-28-21(32)13-19(14-24(28)38-7)15-25-29(35)34-27(20-10-11-22(41-17(3)4)23(16-20)37-6)26(30(36)39-9-2)18(5)33-31(34)42-25/h1,10-11,13-17,27H,9,12H2,2-7H3/b25-15-/t27-/m0/s1. The summed E-state index contributed by atoms with van der Waals surface area (Å²) >= 11 is 7.65. The third-order valence-electron chi connectivity index (χ3n) is 6.23. The molecular weight excluding hydrogens is 580 g/mol. The molecule has 0 fully saturated rings. The first-order valence-electron chi connectivity index (χ1n) is 13.1. The molecule has 4 rings (SSSR count). The predicted molar refractivity (Wildman–Crippen MR) is 161 cm³/mol. The van der Waals surface area contributed by atoms with Gasteiger partial charge >= 0.3 is 5.97 Å². The van der Waals surface area contributed by atoms with Crippen LogP contribution in [-0.2, 0) is 9.53 Å². The summed E-state index contributed by atoms with van der Waals surface area (Å²) in [6, 6.07) is 7.86. The number of thiazole rings is 1. The number of fused-ring (bicyclic) bond motifs is 1. The molecule has 0 unspecified atom stereocenters. The Morgan fingerprint density at radius 2 is 1.93 bits per heavy atom. The molecule has 1 aromatic heterocycles. The number of hydrogen-bond donors (Lipinski definition) is 0. The summed E-state index contributed by atoms with van der Waals surface area (Å²) in [6.07, 6.45) is 6.92. The summed E-state index contributed by atoms with van der Waals surface area (Å²) in [5.74, 6) is 3.53. The number of allylic oxidation sites excluding steroid dienone is 1. The number of carbonyl (C=O) groups is 1. The van der Waals surface area contributed by atoms with Gasteiger partial charge in [-0.2, -0.15) is 0 Å². The zero-order chi connectivity index (χ0) is 30.6. The van der Waals surface area contributed by atoms with E-state index >= 15 is 0 Å². The van der Waals surface area contributed by atoms with Crippen molar-refractivity contribution in [2.75, 3.05) is 27.4 Å². The SMILES string of the molecule is C#CCOc1c(Cl)cc(/C=c2\sc3n(c2=O)[C@@H](c2ccc(OC(C)C)c(OC)c2)C(C(=O)OCC)=C(C)N=3)cc1OC. The van der Waals surface area contributed by atoms with Gasteiger partial charge in [0.15, 0.2) is 27.8 Å².